The topological polar surface area (TPSA) is 91.7 Å². The minimum absolute atomic E-state index is 0.248. The third-order valence-electron chi connectivity index (χ3n) is 1.85. The minimum Gasteiger partial charge on any atom is -0.481 e. The number of rotatable bonds is 1. The second-order valence-electron chi connectivity index (χ2n) is 2.78. The van der Waals surface area contributed by atoms with E-state index in [1.807, 2.05) is 0 Å². The van der Waals surface area contributed by atoms with Crippen LogP contribution in [0.15, 0.2) is 0 Å². The van der Waals surface area contributed by atoms with E-state index in [1.165, 1.54) is 0 Å². The zero-order chi connectivity index (χ0) is 9.30. The van der Waals surface area contributed by atoms with Gasteiger partial charge in [0.2, 0.25) is 0 Å². The molecule has 0 aromatic rings. The second-order valence-corrected chi connectivity index (χ2v) is 2.78. The Morgan fingerprint density at radius 2 is 1.67 bits per heavy atom. The molecule has 2 N–H and O–H groups in total. The van der Waals surface area contributed by atoms with E-state index < -0.39 is 29.6 Å². The maximum atomic E-state index is 10.8. The molecule has 1 aliphatic rings. The van der Waals surface area contributed by atoms with Crippen molar-refractivity contribution in [1.29, 1.82) is 0 Å². The van der Waals surface area contributed by atoms with Gasteiger partial charge >= 0.3 is 5.97 Å². The van der Waals surface area contributed by atoms with Crippen molar-refractivity contribution in [2.45, 2.75) is 18.9 Å². The van der Waals surface area contributed by atoms with Gasteiger partial charge in [-0.05, 0) is 0 Å². The first-order chi connectivity index (χ1) is 5.52. The molecule has 1 aliphatic carbocycles. The SMILES string of the molecule is O=C(O)C1CC(=O)C(O)C(=O)C1. The number of carboxylic acid groups (broad SMARTS) is 1. The van der Waals surface area contributed by atoms with E-state index in [4.69, 9.17) is 10.2 Å². The number of hydrogen-bond donors (Lipinski definition) is 2. The summed E-state index contributed by atoms with van der Waals surface area (Å²) in [6, 6.07) is 0. The predicted octanol–water partition coefficient (Wildman–Crippen LogP) is -1.02. The van der Waals surface area contributed by atoms with Crippen molar-refractivity contribution in [3.63, 3.8) is 0 Å². The van der Waals surface area contributed by atoms with Gasteiger partial charge in [-0.15, -0.1) is 0 Å². The summed E-state index contributed by atoms with van der Waals surface area (Å²) in [4.78, 5) is 31.9. The van der Waals surface area contributed by atoms with Crippen LogP contribution in [0.1, 0.15) is 12.8 Å². The van der Waals surface area contributed by atoms with Crippen molar-refractivity contribution < 1.29 is 24.6 Å². The van der Waals surface area contributed by atoms with Gasteiger partial charge in [-0.2, -0.15) is 0 Å². The van der Waals surface area contributed by atoms with Crippen LogP contribution >= 0.6 is 0 Å². The Balaban J connectivity index is 2.72. The lowest BCUT2D eigenvalue weighted by atomic mass is 9.86. The van der Waals surface area contributed by atoms with Crippen LogP contribution < -0.4 is 0 Å². The van der Waals surface area contributed by atoms with Crippen molar-refractivity contribution >= 4 is 17.5 Å². The molecule has 1 rings (SSSR count). The van der Waals surface area contributed by atoms with Gasteiger partial charge in [0, 0.05) is 12.8 Å². The summed E-state index contributed by atoms with van der Waals surface area (Å²) in [7, 11) is 0. The molecule has 0 radical (unpaired) electrons. The maximum Gasteiger partial charge on any atom is 0.307 e. The van der Waals surface area contributed by atoms with Crippen molar-refractivity contribution in [3.05, 3.63) is 0 Å². The highest BCUT2D eigenvalue weighted by Gasteiger charge is 2.37. The third-order valence-corrected chi connectivity index (χ3v) is 1.85. The number of aliphatic carboxylic acids is 1. The Labute approximate surface area is 68.0 Å². The smallest absolute Gasteiger partial charge is 0.307 e. The monoisotopic (exact) mass is 172 g/mol. The first-order valence-electron chi connectivity index (χ1n) is 3.48. The molecule has 0 bridgehead atoms. The van der Waals surface area contributed by atoms with Crippen LogP contribution in [0.3, 0.4) is 0 Å². The van der Waals surface area contributed by atoms with Crippen LogP contribution in [0.2, 0.25) is 0 Å². The maximum absolute atomic E-state index is 10.8. The lowest BCUT2D eigenvalue weighted by Crippen LogP contribution is -2.40. The summed E-state index contributed by atoms with van der Waals surface area (Å²) in [6.45, 7) is 0. The van der Waals surface area contributed by atoms with Gasteiger partial charge in [0.1, 0.15) is 0 Å². The molecule has 0 saturated heterocycles. The molecule has 5 nitrogen and oxygen atoms in total. The molecule has 0 amide bonds. The molecule has 0 unspecified atom stereocenters. The van der Waals surface area contributed by atoms with Crippen LogP contribution in [0.25, 0.3) is 0 Å². The van der Waals surface area contributed by atoms with Gasteiger partial charge < -0.3 is 10.2 Å². The van der Waals surface area contributed by atoms with Crippen molar-refractivity contribution in [1.82, 2.24) is 0 Å². The van der Waals surface area contributed by atoms with E-state index in [9.17, 15) is 14.4 Å². The number of carbonyl (C=O) groups excluding carboxylic acids is 2. The fourth-order valence-electron chi connectivity index (χ4n) is 1.14. The average molecular weight is 172 g/mol. The van der Waals surface area contributed by atoms with Crippen molar-refractivity contribution in [2.75, 3.05) is 0 Å². The fraction of sp³-hybridized carbons (Fsp3) is 0.571. The molecule has 0 heterocycles. The van der Waals surface area contributed by atoms with Gasteiger partial charge in [-0.25, -0.2) is 0 Å². The quantitative estimate of drug-likeness (QED) is 0.494. The van der Waals surface area contributed by atoms with Crippen molar-refractivity contribution in [2.24, 2.45) is 5.92 Å². The Morgan fingerprint density at radius 1 is 1.25 bits per heavy atom. The largest absolute Gasteiger partial charge is 0.481 e. The molecule has 5 heteroatoms. The molecule has 12 heavy (non-hydrogen) atoms. The summed E-state index contributed by atoms with van der Waals surface area (Å²) in [6.07, 6.45) is -2.09. The number of hydrogen-bond acceptors (Lipinski definition) is 4. The number of aliphatic hydroxyl groups excluding tert-OH is 1. The molecule has 66 valence electrons. The Morgan fingerprint density at radius 3 is 2.00 bits per heavy atom. The van der Waals surface area contributed by atoms with Crippen LogP contribution in [0.5, 0.6) is 0 Å². The van der Waals surface area contributed by atoms with E-state index in [1.54, 1.807) is 0 Å². The highest BCUT2D eigenvalue weighted by Crippen LogP contribution is 2.18. The summed E-state index contributed by atoms with van der Waals surface area (Å²) in [5.74, 6) is -3.51. The summed E-state index contributed by atoms with van der Waals surface area (Å²) in [5.41, 5.74) is 0. The number of Topliss-reactive ketones (excluding diaryl/α,β-unsaturated/α-hetero) is 2. The fourth-order valence-corrected chi connectivity index (χ4v) is 1.14. The van der Waals surface area contributed by atoms with E-state index in [0.717, 1.165) is 0 Å². The van der Waals surface area contributed by atoms with E-state index in [2.05, 4.69) is 0 Å². The molecule has 0 aromatic heterocycles. The molecule has 0 atom stereocenters. The number of aliphatic hydroxyl groups is 1. The lowest BCUT2D eigenvalue weighted by Gasteiger charge is -2.19. The Bertz CT molecular complexity index is 226. The van der Waals surface area contributed by atoms with Gasteiger partial charge in [-0.3, -0.25) is 14.4 Å². The predicted molar refractivity (Wildman–Crippen MR) is 36.4 cm³/mol. The highest BCUT2D eigenvalue weighted by molar-refractivity contribution is 6.09. The van der Waals surface area contributed by atoms with Gasteiger partial charge in [0.15, 0.2) is 17.7 Å². The molecule has 0 aliphatic heterocycles. The average Bonchev–Trinajstić information content (AvgIpc) is 1.99. The van der Waals surface area contributed by atoms with Gasteiger partial charge in [0.05, 0.1) is 5.92 Å². The molecule has 0 spiro atoms. The van der Waals surface area contributed by atoms with Crippen molar-refractivity contribution in [3.8, 4) is 0 Å². The van der Waals surface area contributed by atoms with Crippen LogP contribution in [0, 0.1) is 5.92 Å². The normalized spacial score (nSPS) is 30.4. The first-order valence-corrected chi connectivity index (χ1v) is 3.48. The zero-order valence-electron chi connectivity index (χ0n) is 6.19. The Kier molecular flexibility index (Phi) is 2.23. The Hall–Kier alpha value is -1.23. The van der Waals surface area contributed by atoms with Crippen LogP contribution in [-0.2, 0) is 14.4 Å². The van der Waals surface area contributed by atoms with Gasteiger partial charge in [-0.1, -0.05) is 0 Å². The number of carboxylic acids is 1. The minimum atomic E-state index is -1.60. The molecule has 0 aromatic carbocycles. The number of ketones is 2. The summed E-state index contributed by atoms with van der Waals surface area (Å²) in [5, 5.41) is 17.3. The second kappa shape index (κ2) is 3.02. The standard InChI is InChI=1S/C7H8O5/c8-4-1-3(7(11)12)2-5(9)6(4)10/h3,6,10H,1-2H2,(H,11,12). The van der Waals surface area contributed by atoms with Crippen LogP contribution in [0.4, 0.5) is 0 Å². The van der Waals surface area contributed by atoms with Crippen LogP contribution in [-0.4, -0.2) is 33.9 Å². The van der Waals surface area contributed by atoms with E-state index in [0.29, 0.717) is 0 Å². The summed E-state index contributed by atoms with van der Waals surface area (Å²) < 4.78 is 0. The molecular formula is C7H8O5. The van der Waals surface area contributed by atoms with Gasteiger partial charge in [0.25, 0.3) is 0 Å². The molecular weight excluding hydrogens is 164 g/mol. The molecule has 1 saturated carbocycles. The van der Waals surface area contributed by atoms with E-state index in [-0.39, 0.29) is 12.8 Å². The molecule has 1 fully saturated rings. The number of carbonyl (C=O) groups is 3. The third kappa shape index (κ3) is 1.50. The summed E-state index contributed by atoms with van der Waals surface area (Å²) >= 11 is 0. The first kappa shape index (κ1) is 8.86. The lowest BCUT2D eigenvalue weighted by molar-refractivity contribution is -0.153. The zero-order valence-corrected chi connectivity index (χ0v) is 6.19. The van der Waals surface area contributed by atoms with E-state index >= 15 is 0 Å². The highest BCUT2D eigenvalue weighted by atomic mass is 16.4.